The van der Waals surface area contributed by atoms with E-state index < -0.39 is 0 Å². The van der Waals surface area contributed by atoms with Crippen LogP contribution in [0.5, 0.6) is 0 Å². The molecule has 2 N–H and O–H groups in total. The second-order valence-corrected chi connectivity index (χ2v) is 4.51. The minimum atomic E-state index is 0. The summed E-state index contributed by atoms with van der Waals surface area (Å²) in [5.74, 6) is 0.934. The quantitative estimate of drug-likeness (QED) is 0.795. The SMILES string of the molecule is CCOC1CC1C(=O)N1CCC(CN)C1.Cl. The van der Waals surface area contributed by atoms with Crippen molar-refractivity contribution in [3.8, 4) is 0 Å². The van der Waals surface area contributed by atoms with Gasteiger partial charge in [-0.1, -0.05) is 0 Å². The van der Waals surface area contributed by atoms with Gasteiger partial charge in [0.15, 0.2) is 0 Å². The summed E-state index contributed by atoms with van der Waals surface area (Å²) in [5, 5.41) is 0. The Morgan fingerprint density at radius 1 is 1.56 bits per heavy atom. The summed E-state index contributed by atoms with van der Waals surface area (Å²) in [7, 11) is 0. The van der Waals surface area contributed by atoms with Crippen LogP contribution in [0.1, 0.15) is 19.8 Å². The van der Waals surface area contributed by atoms with Crippen LogP contribution in [0.15, 0.2) is 0 Å². The Hall–Kier alpha value is -0.320. The maximum absolute atomic E-state index is 12.0. The van der Waals surface area contributed by atoms with Gasteiger partial charge >= 0.3 is 0 Å². The predicted octanol–water partition coefficient (Wildman–Crippen LogP) is 0.640. The van der Waals surface area contributed by atoms with Crippen molar-refractivity contribution in [3.63, 3.8) is 0 Å². The molecule has 1 aliphatic carbocycles. The maximum atomic E-state index is 12.0. The summed E-state index contributed by atoms with van der Waals surface area (Å²) in [6, 6.07) is 0. The van der Waals surface area contributed by atoms with Crippen molar-refractivity contribution < 1.29 is 9.53 Å². The molecule has 94 valence electrons. The molecular weight excluding hydrogens is 228 g/mol. The standard InChI is InChI=1S/C11H20N2O2.ClH/c1-2-15-10-5-9(10)11(14)13-4-3-8(6-12)7-13;/h8-10H,2-7,12H2,1H3;1H. The van der Waals surface area contributed by atoms with Gasteiger partial charge in [-0.3, -0.25) is 4.79 Å². The number of rotatable bonds is 4. The molecule has 2 rings (SSSR count). The van der Waals surface area contributed by atoms with E-state index in [1.807, 2.05) is 11.8 Å². The first kappa shape index (κ1) is 13.7. The summed E-state index contributed by atoms with van der Waals surface area (Å²) in [5.41, 5.74) is 5.60. The second kappa shape index (κ2) is 5.84. The predicted molar refractivity (Wildman–Crippen MR) is 64.5 cm³/mol. The van der Waals surface area contributed by atoms with Crippen molar-refractivity contribution in [3.05, 3.63) is 0 Å². The smallest absolute Gasteiger partial charge is 0.228 e. The normalized spacial score (nSPS) is 32.4. The lowest BCUT2D eigenvalue weighted by atomic mass is 10.1. The Morgan fingerprint density at radius 2 is 2.31 bits per heavy atom. The molecule has 1 aliphatic heterocycles. The summed E-state index contributed by atoms with van der Waals surface area (Å²) in [4.78, 5) is 13.9. The average Bonchev–Trinajstić information content (AvgIpc) is 2.84. The third kappa shape index (κ3) is 2.87. The van der Waals surface area contributed by atoms with Gasteiger partial charge < -0.3 is 15.4 Å². The number of ether oxygens (including phenoxy) is 1. The lowest BCUT2D eigenvalue weighted by Gasteiger charge is -2.16. The van der Waals surface area contributed by atoms with Crippen LogP contribution in [0, 0.1) is 11.8 Å². The van der Waals surface area contributed by atoms with E-state index in [4.69, 9.17) is 10.5 Å². The van der Waals surface area contributed by atoms with E-state index in [1.54, 1.807) is 0 Å². The van der Waals surface area contributed by atoms with Gasteiger partial charge in [0.05, 0.1) is 12.0 Å². The van der Waals surface area contributed by atoms with E-state index >= 15 is 0 Å². The summed E-state index contributed by atoms with van der Waals surface area (Å²) >= 11 is 0. The van der Waals surface area contributed by atoms with E-state index in [0.29, 0.717) is 19.1 Å². The Morgan fingerprint density at radius 3 is 2.88 bits per heavy atom. The maximum Gasteiger partial charge on any atom is 0.228 e. The molecule has 1 amide bonds. The van der Waals surface area contributed by atoms with Crippen LogP contribution in [0.2, 0.25) is 0 Å². The zero-order chi connectivity index (χ0) is 10.8. The fourth-order valence-corrected chi connectivity index (χ4v) is 2.29. The minimum absolute atomic E-state index is 0. The summed E-state index contributed by atoms with van der Waals surface area (Å²) in [6.45, 7) is 5.12. The first-order valence-corrected chi connectivity index (χ1v) is 5.86. The first-order valence-electron chi connectivity index (χ1n) is 5.86. The lowest BCUT2D eigenvalue weighted by molar-refractivity contribution is -0.132. The molecule has 4 nitrogen and oxygen atoms in total. The highest BCUT2D eigenvalue weighted by atomic mass is 35.5. The summed E-state index contributed by atoms with van der Waals surface area (Å²) in [6.07, 6.45) is 2.17. The molecule has 5 heteroatoms. The molecule has 1 saturated heterocycles. The molecule has 16 heavy (non-hydrogen) atoms. The zero-order valence-corrected chi connectivity index (χ0v) is 10.5. The molecule has 0 aromatic rings. The zero-order valence-electron chi connectivity index (χ0n) is 9.72. The highest BCUT2D eigenvalue weighted by Crippen LogP contribution is 2.36. The number of hydrogen-bond donors (Lipinski definition) is 1. The molecule has 2 fully saturated rings. The molecule has 2 aliphatic rings. The highest BCUT2D eigenvalue weighted by Gasteiger charge is 2.46. The van der Waals surface area contributed by atoms with Crippen LogP contribution in [-0.4, -0.2) is 43.2 Å². The highest BCUT2D eigenvalue weighted by molar-refractivity contribution is 5.85. The van der Waals surface area contributed by atoms with Crippen molar-refractivity contribution in [2.45, 2.75) is 25.9 Å². The molecule has 0 aromatic carbocycles. The lowest BCUT2D eigenvalue weighted by Crippen LogP contribution is -2.32. The van der Waals surface area contributed by atoms with Gasteiger partial charge in [-0.25, -0.2) is 0 Å². The Kier molecular flexibility index (Phi) is 5.02. The van der Waals surface area contributed by atoms with Crippen molar-refractivity contribution in [1.29, 1.82) is 0 Å². The van der Waals surface area contributed by atoms with Crippen LogP contribution in [0.3, 0.4) is 0 Å². The van der Waals surface area contributed by atoms with E-state index in [2.05, 4.69) is 0 Å². The Balaban J connectivity index is 0.00000128. The van der Waals surface area contributed by atoms with Crippen molar-refractivity contribution >= 4 is 18.3 Å². The van der Waals surface area contributed by atoms with E-state index in [1.165, 1.54) is 0 Å². The molecule has 1 heterocycles. The number of amides is 1. The van der Waals surface area contributed by atoms with Crippen LogP contribution < -0.4 is 5.73 Å². The minimum Gasteiger partial charge on any atom is -0.378 e. The Labute approximate surface area is 103 Å². The number of carbonyl (C=O) groups is 1. The topological polar surface area (TPSA) is 55.6 Å². The van der Waals surface area contributed by atoms with Crippen molar-refractivity contribution in [2.75, 3.05) is 26.2 Å². The fourth-order valence-electron chi connectivity index (χ4n) is 2.29. The van der Waals surface area contributed by atoms with Gasteiger partial charge in [0.1, 0.15) is 0 Å². The fraction of sp³-hybridized carbons (Fsp3) is 0.909. The van der Waals surface area contributed by atoms with Crippen LogP contribution >= 0.6 is 12.4 Å². The number of carbonyl (C=O) groups excluding carboxylic acids is 1. The molecule has 0 aromatic heterocycles. The molecule has 0 bridgehead atoms. The number of nitrogens with two attached hydrogens (primary N) is 1. The van der Waals surface area contributed by atoms with Crippen molar-refractivity contribution in [2.24, 2.45) is 17.6 Å². The molecule has 1 saturated carbocycles. The van der Waals surface area contributed by atoms with Crippen LogP contribution in [0.25, 0.3) is 0 Å². The molecule has 3 unspecified atom stereocenters. The number of likely N-dealkylation sites (tertiary alicyclic amines) is 1. The van der Waals surface area contributed by atoms with Gasteiger partial charge in [0.2, 0.25) is 5.91 Å². The van der Waals surface area contributed by atoms with Gasteiger partial charge in [-0.2, -0.15) is 0 Å². The van der Waals surface area contributed by atoms with E-state index in [9.17, 15) is 4.79 Å². The Bertz CT molecular complexity index is 250. The number of halogens is 1. The third-order valence-electron chi connectivity index (χ3n) is 3.36. The van der Waals surface area contributed by atoms with Crippen LogP contribution in [0.4, 0.5) is 0 Å². The first-order chi connectivity index (χ1) is 7.26. The van der Waals surface area contributed by atoms with Crippen LogP contribution in [-0.2, 0) is 9.53 Å². The number of nitrogens with zero attached hydrogens (tertiary/aromatic N) is 1. The largest absolute Gasteiger partial charge is 0.378 e. The molecule has 0 radical (unpaired) electrons. The summed E-state index contributed by atoms with van der Waals surface area (Å²) < 4.78 is 5.43. The van der Waals surface area contributed by atoms with E-state index in [-0.39, 0.29) is 30.3 Å². The van der Waals surface area contributed by atoms with Gasteiger partial charge in [0, 0.05) is 19.7 Å². The van der Waals surface area contributed by atoms with Crippen molar-refractivity contribution in [1.82, 2.24) is 4.90 Å². The number of hydrogen-bond acceptors (Lipinski definition) is 3. The molecular formula is C11H21ClN2O2. The van der Waals surface area contributed by atoms with E-state index in [0.717, 1.165) is 25.9 Å². The third-order valence-corrected chi connectivity index (χ3v) is 3.36. The van der Waals surface area contributed by atoms with Gasteiger partial charge in [-0.15, -0.1) is 12.4 Å². The monoisotopic (exact) mass is 248 g/mol. The molecule has 3 atom stereocenters. The molecule has 0 spiro atoms. The average molecular weight is 249 g/mol. The van der Waals surface area contributed by atoms with Gasteiger partial charge in [0.25, 0.3) is 0 Å². The van der Waals surface area contributed by atoms with Gasteiger partial charge in [-0.05, 0) is 32.2 Å². The second-order valence-electron chi connectivity index (χ2n) is 4.51.